The Morgan fingerprint density at radius 1 is 1.13 bits per heavy atom. The van der Waals surface area contributed by atoms with E-state index < -0.39 is 10.1 Å². The molecule has 5 rings (SSSR count). The molecule has 3 heterocycles. The van der Waals surface area contributed by atoms with Crippen molar-refractivity contribution in [3.05, 3.63) is 29.8 Å². The molecule has 6 nitrogen and oxygen atoms in total. The van der Waals surface area contributed by atoms with Crippen molar-refractivity contribution in [1.29, 1.82) is 0 Å². The molecule has 1 aliphatic carbocycles. The highest BCUT2D eigenvalue weighted by Gasteiger charge is 2.50. The average Bonchev–Trinajstić information content (AvgIpc) is 2.75. The summed E-state index contributed by atoms with van der Waals surface area (Å²) < 4.78 is 45.3. The average molecular weight is 439 g/mol. The van der Waals surface area contributed by atoms with E-state index in [1.165, 1.54) is 5.56 Å². The second kappa shape index (κ2) is 9.15. The van der Waals surface area contributed by atoms with Crippen LogP contribution in [-0.4, -0.2) is 40.8 Å². The summed E-state index contributed by atoms with van der Waals surface area (Å²) >= 11 is 0. The van der Waals surface area contributed by atoms with Gasteiger partial charge in [0.1, 0.15) is 5.75 Å². The van der Waals surface area contributed by atoms with Crippen molar-refractivity contribution in [2.45, 2.75) is 76.1 Å². The summed E-state index contributed by atoms with van der Waals surface area (Å²) in [6.45, 7) is 1.83. The van der Waals surface area contributed by atoms with E-state index in [0.29, 0.717) is 0 Å². The molecule has 0 radical (unpaired) electrons. The quantitative estimate of drug-likeness (QED) is 0.417. The van der Waals surface area contributed by atoms with Crippen molar-refractivity contribution in [2.24, 2.45) is 5.41 Å². The van der Waals surface area contributed by atoms with E-state index in [0.717, 1.165) is 89.4 Å². The third-order valence-corrected chi connectivity index (χ3v) is 7.53. The first-order valence-corrected chi connectivity index (χ1v) is 13.1. The van der Waals surface area contributed by atoms with Crippen molar-refractivity contribution >= 4 is 10.1 Å². The topological polar surface area (TPSA) is 71.1 Å². The normalized spacial score (nSPS) is 31.6. The van der Waals surface area contributed by atoms with Gasteiger partial charge in [0.2, 0.25) is 0 Å². The Labute approximate surface area is 180 Å². The van der Waals surface area contributed by atoms with Crippen molar-refractivity contribution in [2.75, 3.05) is 26.1 Å². The molecule has 1 atom stereocenters. The summed E-state index contributed by atoms with van der Waals surface area (Å²) in [4.78, 5) is 0. The minimum absolute atomic E-state index is 0.135. The number of ether oxygens (including phenoxy) is 3. The largest absolute Gasteiger partial charge is 0.465 e. The smallest absolute Gasteiger partial charge is 0.264 e. The van der Waals surface area contributed by atoms with Gasteiger partial charge in [0, 0.05) is 6.42 Å². The van der Waals surface area contributed by atoms with Crippen LogP contribution in [0.3, 0.4) is 0 Å². The fourth-order valence-corrected chi connectivity index (χ4v) is 5.50. The molecule has 1 saturated carbocycles. The predicted molar refractivity (Wildman–Crippen MR) is 114 cm³/mol. The molecule has 7 heteroatoms. The van der Waals surface area contributed by atoms with E-state index in [4.69, 9.17) is 18.4 Å². The van der Waals surface area contributed by atoms with Crippen LogP contribution in [-0.2, 0) is 29.4 Å². The van der Waals surface area contributed by atoms with Gasteiger partial charge in [0.05, 0.1) is 31.7 Å². The summed E-state index contributed by atoms with van der Waals surface area (Å²) in [5.41, 5.74) is 1.25. The zero-order chi connectivity index (χ0) is 21.1. The van der Waals surface area contributed by atoms with E-state index in [1.807, 2.05) is 6.07 Å². The van der Waals surface area contributed by atoms with Gasteiger partial charge in [-0.05, 0) is 74.5 Å². The van der Waals surface area contributed by atoms with Crippen LogP contribution >= 0.6 is 0 Å². The Morgan fingerprint density at radius 3 is 2.63 bits per heavy atom. The second-order valence-corrected chi connectivity index (χ2v) is 10.9. The fourth-order valence-electron chi connectivity index (χ4n) is 5.08. The Morgan fingerprint density at radius 2 is 1.97 bits per heavy atom. The Hall–Kier alpha value is -1.15. The molecule has 0 spiro atoms. The van der Waals surface area contributed by atoms with Crippen LogP contribution in [0.1, 0.15) is 69.8 Å². The van der Waals surface area contributed by atoms with Crippen LogP contribution in [0.25, 0.3) is 0 Å². The summed E-state index contributed by atoms with van der Waals surface area (Å²) in [6.07, 6.45) is 11.3. The minimum Gasteiger partial charge on any atom is -0.465 e. The Kier molecular flexibility index (Phi) is 6.73. The first-order valence-electron chi connectivity index (χ1n) is 11.3. The molecule has 4 fully saturated rings. The highest BCUT2D eigenvalue weighted by molar-refractivity contribution is 7.85. The van der Waals surface area contributed by atoms with Crippen LogP contribution in [0.4, 0.5) is 0 Å². The Bertz CT molecular complexity index is 790. The minimum atomic E-state index is -3.34. The molecule has 0 N–H and O–H groups in total. The zero-order valence-corrected chi connectivity index (χ0v) is 18.8. The number of benzene rings is 1. The number of hydrogen-bond acceptors (Lipinski definition) is 6. The van der Waals surface area contributed by atoms with Gasteiger partial charge in [-0.15, -0.1) is 0 Å². The van der Waals surface area contributed by atoms with E-state index in [2.05, 4.69) is 18.2 Å². The second-order valence-electron chi connectivity index (χ2n) is 9.21. The standard InChI is InChI=1S/C23H34O6S/c1-30(24,25)28-16-5-3-10-22-11-13-23(14-12-22,27-18-22)19-7-6-8-20(17-19)29-21-9-2-4-15-26-21/h6-8,17,21H,2-5,9-16,18H2,1H3. The van der Waals surface area contributed by atoms with Gasteiger partial charge in [-0.1, -0.05) is 18.6 Å². The number of rotatable bonds is 9. The van der Waals surface area contributed by atoms with Crippen LogP contribution in [0.2, 0.25) is 0 Å². The maximum atomic E-state index is 11.1. The van der Waals surface area contributed by atoms with Crippen molar-refractivity contribution in [3.8, 4) is 5.75 Å². The van der Waals surface area contributed by atoms with Crippen molar-refractivity contribution in [1.82, 2.24) is 0 Å². The van der Waals surface area contributed by atoms with E-state index in [1.54, 1.807) is 0 Å². The van der Waals surface area contributed by atoms with Crippen molar-refractivity contribution < 1.29 is 26.8 Å². The lowest BCUT2D eigenvalue weighted by Gasteiger charge is -2.53. The van der Waals surface area contributed by atoms with Crippen molar-refractivity contribution in [3.63, 3.8) is 0 Å². The molecule has 168 valence electrons. The first-order chi connectivity index (χ1) is 14.4. The fraction of sp³-hybridized carbons (Fsp3) is 0.739. The lowest BCUT2D eigenvalue weighted by atomic mass is 9.62. The maximum absolute atomic E-state index is 11.1. The number of hydrogen-bond donors (Lipinski definition) is 0. The third-order valence-electron chi connectivity index (χ3n) is 6.94. The lowest BCUT2D eigenvalue weighted by molar-refractivity contribution is -0.192. The number of unbranched alkanes of at least 4 members (excludes halogenated alkanes) is 1. The molecule has 30 heavy (non-hydrogen) atoms. The van der Waals surface area contributed by atoms with Gasteiger partial charge in [0.25, 0.3) is 10.1 Å². The molecule has 3 aliphatic heterocycles. The van der Waals surface area contributed by atoms with Gasteiger partial charge in [-0.2, -0.15) is 8.42 Å². The SMILES string of the molecule is CS(=O)(=O)OCCCCC12CCC(c3cccc(OC4CCCCO4)c3)(CC1)OC2. The van der Waals surface area contributed by atoms with Crippen LogP contribution in [0, 0.1) is 5.41 Å². The molecule has 0 amide bonds. The van der Waals surface area contributed by atoms with Crippen LogP contribution < -0.4 is 4.74 Å². The monoisotopic (exact) mass is 438 g/mol. The number of fused-ring (bicyclic) bond motifs is 3. The van der Waals surface area contributed by atoms with Gasteiger partial charge < -0.3 is 14.2 Å². The first kappa shape index (κ1) is 22.1. The molecule has 3 saturated heterocycles. The Balaban J connectivity index is 1.31. The van der Waals surface area contributed by atoms with E-state index in [-0.39, 0.29) is 23.9 Å². The summed E-state index contributed by atoms with van der Waals surface area (Å²) in [5.74, 6) is 0.866. The highest BCUT2D eigenvalue weighted by Crippen LogP contribution is 2.55. The highest BCUT2D eigenvalue weighted by atomic mass is 32.2. The van der Waals surface area contributed by atoms with Gasteiger partial charge in [-0.3, -0.25) is 4.18 Å². The zero-order valence-electron chi connectivity index (χ0n) is 17.9. The molecule has 2 bridgehead atoms. The summed E-state index contributed by atoms with van der Waals surface area (Å²) in [7, 11) is -3.34. The lowest BCUT2D eigenvalue weighted by Crippen LogP contribution is -2.49. The summed E-state index contributed by atoms with van der Waals surface area (Å²) in [6, 6.07) is 8.37. The molecular weight excluding hydrogens is 404 g/mol. The third kappa shape index (κ3) is 5.36. The molecule has 1 aromatic carbocycles. The molecule has 4 aliphatic rings. The van der Waals surface area contributed by atoms with Crippen LogP contribution in [0.5, 0.6) is 5.75 Å². The van der Waals surface area contributed by atoms with Gasteiger partial charge in [0.15, 0.2) is 6.29 Å². The van der Waals surface area contributed by atoms with E-state index in [9.17, 15) is 8.42 Å². The molecule has 1 unspecified atom stereocenters. The van der Waals surface area contributed by atoms with Crippen LogP contribution in [0.15, 0.2) is 24.3 Å². The predicted octanol–water partition coefficient (Wildman–Crippen LogP) is 4.52. The maximum Gasteiger partial charge on any atom is 0.264 e. The van der Waals surface area contributed by atoms with Gasteiger partial charge in [-0.25, -0.2) is 0 Å². The summed E-state index contributed by atoms with van der Waals surface area (Å²) in [5, 5.41) is 0. The van der Waals surface area contributed by atoms with E-state index >= 15 is 0 Å². The molecule has 0 aromatic heterocycles. The molecule has 1 aromatic rings. The van der Waals surface area contributed by atoms with Gasteiger partial charge >= 0.3 is 0 Å². The molecular formula is C23H34O6S.